The SMILES string of the molecule is Cc1cnc(C(C)(C)NC(=O)[C@@H]2C[C@@]2(C(=O)O)c2ccccc2)s1. The molecule has 0 aliphatic heterocycles. The highest BCUT2D eigenvalue weighted by molar-refractivity contribution is 7.11. The molecule has 0 bridgehead atoms. The van der Waals surface area contributed by atoms with Gasteiger partial charge < -0.3 is 10.4 Å². The summed E-state index contributed by atoms with van der Waals surface area (Å²) in [7, 11) is 0. The van der Waals surface area contributed by atoms with Crippen molar-refractivity contribution in [1.82, 2.24) is 10.3 Å². The van der Waals surface area contributed by atoms with E-state index in [-0.39, 0.29) is 5.91 Å². The summed E-state index contributed by atoms with van der Waals surface area (Å²) in [5.41, 5.74) is -1.06. The lowest BCUT2D eigenvalue weighted by atomic mass is 9.92. The molecule has 1 fully saturated rings. The highest BCUT2D eigenvalue weighted by Gasteiger charge is 2.65. The number of carbonyl (C=O) groups excluding carboxylic acids is 1. The van der Waals surface area contributed by atoms with E-state index in [1.165, 1.54) is 11.3 Å². The number of thiazole rings is 1. The number of aromatic nitrogens is 1. The van der Waals surface area contributed by atoms with Gasteiger partial charge in [0, 0.05) is 11.1 Å². The normalized spacial score (nSPS) is 22.9. The Morgan fingerprint density at radius 3 is 2.54 bits per heavy atom. The molecule has 1 heterocycles. The van der Waals surface area contributed by atoms with E-state index in [1.54, 1.807) is 30.5 Å². The van der Waals surface area contributed by atoms with Crippen LogP contribution < -0.4 is 5.32 Å². The minimum Gasteiger partial charge on any atom is -0.481 e. The lowest BCUT2D eigenvalue weighted by molar-refractivity contribution is -0.142. The molecule has 0 radical (unpaired) electrons. The van der Waals surface area contributed by atoms with Crippen molar-refractivity contribution in [2.75, 3.05) is 0 Å². The van der Waals surface area contributed by atoms with Gasteiger partial charge in [-0.25, -0.2) is 4.98 Å². The third kappa shape index (κ3) is 2.71. The molecule has 1 aromatic carbocycles. The zero-order valence-electron chi connectivity index (χ0n) is 13.9. The van der Waals surface area contributed by atoms with Crippen LogP contribution in [0.25, 0.3) is 0 Å². The number of nitrogens with zero attached hydrogens (tertiary/aromatic N) is 1. The summed E-state index contributed by atoms with van der Waals surface area (Å²) in [5, 5.41) is 13.5. The first-order valence-corrected chi connectivity index (χ1v) is 8.63. The van der Waals surface area contributed by atoms with Crippen molar-refractivity contribution < 1.29 is 14.7 Å². The van der Waals surface area contributed by atoms with Gasteiger partial charge in [0.05, 0.1) is 11.5 Å². The second-order valence-electron chi connectivity index (χ2n) is 6.79. The molecule has 3 rings (SSSR count). The summed E-state index contributed by atoms with van der Waals surface area (Å²) >= 11 is 1.53. The van der Waals surface area contributed by atoms with Gasteiger partial charge in [-0.3, -0.25) is 9.59 Å². The fourth-order valence-corrected chi connectivity index (χ4v) is 3.91. The summed E-state index contributed by atoms with van der Waals surface area (Å²) in [6.45, 7) is 5.73. The molecule has 24 heavy (non-hydrogen) atoms. The number of hydrogen-bond acceptors (Lipinski definition) is 4. The van der Waals surface area contributed by atoms with Gasteiger partial charge in [0.15, 0.2) is 0 Å². The highest BCUT2D eigenvalue weighted by atomic mass is 32.1. The van der Waals surface area contributed by atoms with Gasteiger partial charge in [-0.05, 0) is 32.8 Å². The first-order chi connectivity index (χ1) is 11.3. The number of benzene rings is 1. The standard InChI is InChI=1S/C18H20N2O3S/c1-11-10-19-15(24-11)17(2,3)20-14(21)13-9-18(13,16(22)23)12-7-5-4-6-8-12/h4-8,10,13H,9H2,1-3H3,(H,20,21)(H,22,23)/t13-,18+/m0/s1. The van der Waals surface area contributed by atoms with E-state index in [0.717, 1.165) is 9.88 Å². The van der Waals surface area contributed by atoms with Crippen LogP contribution >= 0.6 is 11.3 Å². The molecule has 1 aliphatic rings. The molecular formula is C18H20N2O3S. The number of hydrogen-bond donors (Lipinski definition) is 2. The zero-order chi connectivity index (χ0) is 17.5. The Morgan fingerprint density at radius 2 is 2.00 bits per heavy atom. The number of nitrogens with one attached hydrogen (secondary N) is 1. The quantitative estimate of drug-likeness (QED) is 0.874. The largest absolute Gasteiger partial charge is 0.481 e. The molecule has 126 valence electrons. The van der Waals surface area contributed by atoms with Crippen LogP contribution in [0, 0.1) is 12.8 Å². The van der Waals surface area contributed by atoms with Crippen LogP contribution in [-0.4, -0.2) is 22.0 Å². The summed E-state index contributed by atoms with van der Waals surface area (Å²) in [6.07, 6.45) is 2.10. The number of carboxylic acids is 1. The number of amides is 1. The van der Waals surface area contributed by atoms with Gasteiger partial charge in [-0.1, -0.05) is 30.3 Å². The first kappa shape index (κ1) is 16.6. The summed E-state index contributed by atoms with van der Waals surface area (Å²) < 4.78 is 0. The van der Waals surface area contributed by atoms with Gasteiger partial charge in [0.2, 0.25) is 5.91 Å². The van der Waals surface area contributed by atoms with Crippen LogP contribution in [0.2, 0.25) is 0 Å². The zero-order valence-corrected chi connectivity index (χ0v) is 14.7. The molecule has 1 aromatic heterocycles. The third-order valence-electron chi connectivity index (χ3n) is 4.54. The lowest BCUT2D eigenvalue weighted by Crippen LogP contribution is -2.43. The smallest absolute Gasteiger partial charge is 0.314 e. The predicted molar refractivity (Wildman–Crippen MR) is 91.9 cm³/mol. The Balaban J connectivity index is 1.80. The second kappa shape index (κ2) is 5.70. The van der Waals surface area contributed by atoms with E-state index in [0.29, 0.717) is 12.0 Å². The monoisotopic (exact) mass is 344 g/mol. The minimum atomic E-state index is -1.11. The average molecular weight is 344 g/mol. The molecule has 1 aliphatic carbocycles. The van der Waals surface area contributed by atoms with Gasteiger partial charge >= 0.3 is 5.97 Å². The summed E-state index contributed by atoms with van der Waals surface area (Å²) in [4.78, 5) is 30.0. The van der Waals surface area contributed by atoms with Crippen molar-refractivity contribution >= 4 is 23.2 Å². The highest BCUT2D eigenvalue weighted by Crippen LogP contribution is 2.55. The van der Waals surface area contributed by atoms with E-state index in [2.05, 4.69) is 10.3 Å². The average Bonchev–Trinajstić information content (AvgIpc) is 3.16. The summed E-state index contributed by atoms with van der Waals surface area (Å²) in [6, 6.07) is 8.99. The lowest BCUT2D eigenvalue weighted by Gasteiger charge is -2.24. The van der Waals surface area contributed by atoms with Crippen molar-refractivity contribution in [3.05, 3.63) is 52.0 Å². The summed E-state index contributed by atoms with van der Waals surface area (Å²) in [5.74, 6) is -1.74. The Bertz CT molecular complexity index is 785. The van der Waals surface area contributed by atoms with Crippen molar-refractivity contribution in [3.63, 3.8) is 0 Å². The Morgan fingerprint density at radius 1 is 1.33 bits per heavy atom. The third-order valence-corrected chi connectivity index (χ3v) is 5.78. The van der Waals surface area contributed by atoms with Gasteiger partial charge in [0.25, 0.3) is 0 Å². The topological polar surface area (TPSA) is 79.3 Å². The van der Waals surface area contributed by atoms with E-state index >= 15 is 0 Å². The molecule has 5 nitrogen and oxygen atoms in total. The first-order valence-electron chi connectivity index (χ1n) is 7.81. The van der Waals surface area contributed by atoms with Crippen molar-refractivity contribution in [2.24, 2.45) is 5.92 Å². The Labute approximate surface area is 144 Å². The molecule has 6 heteroatoms. The molecule has 1 amide bonds. The molecule has 2 atom stereocenters. The number of carbonyl (C=O) groups is 2. The maximum Gasteiger partial charge on any atom is 0.314 e. The van der Waals surface area contributed by atoms with Crippen molar-refractivity contribution in [1.29, 1.82) is 0 Å². The van der Waals surface area contributed by atoms with Crippen LogP contribution in [0.5, 0.6) is 0 Å². The molecule has 0 spiro atoms. The minimum absolute atomic E-state index is 0.237. The van der Waals surface area contributed by atoms with Crippen LogP contribution in [0.1, 0.15) is 35.7 Å². The van der Waals surface area contributed by atoms with E-state index in [9.17, 15) is 14.7 Å². The molecule has 2 aromatic rings. The molecule has 0 saturated heterocycles. The number of rotatable bonds is 5. The predicted octanol–water partition coefficient (Wildman–Crippen LogP) is 2.85. The maximum atomic E-state index is 12.7. The fourth-order valence-electron chi connectivity index (χ4n) is 3.09. The van der Waals surface area contributed by atoms with Crippen molar-refractivity contribution in [3.8, 4) is 0 Å². The Kier molecular flexibility index (Phi) is 3.95. The Hall–Kier alpha value is -2.21. The number of carboxylic acid groups (broad SMARTS) is 1. The maximum absolute atomic E-state index is 12.7. The van der Waals surface area contributed by atoms with Crippen LogP contribution in [0.3, 0.4) is 0 Å². The van der Waals surface area contributed by atoms with E-state index in [1.807, 2.05) is 26.8 Å². The van der Waals surface area contributed by atoms with Crippen LogP contribution in [-0.2, 0) is 20.5 Å². The fraction of sp³-hybridized carbons (Fsp3) is 0.389. The molecule has 2 N–H and O–H groups in total. The molecule has 1 saturated carbocycles. The number of aryl methyl sites for hydroxylation is 1. The second-order valence-corrected chi connectivity index (χ2v) is 8.02. The van der Waals surface area contributed by atoms with E-state index < -0.39 is 22.8 Å². The van der Waals surface area contributed by atoms with Crippen LogP contribution in [0.15, 0.2) is 36.5 Å². The van der Waals surface area contributed by atoms with E-state index in [4.69, 9.17) is 0 Å². The van der Waals surface area contributed by atoms with Crippen LogP contribution in [0.4, 0.5) is 0 Å². The molecule has 0 unspecified atom stereocenters. The van der Waals surface area contributed by atoms with Gasteiger partial charge in [-0.2, -0.15) is 0 Å². The van der Waals surface area contributed by atoms with Gasteiger partial charge in [-0.15, -0.1) is 11.3 Å². The van der Waals surface area contributed by atoms with Gasteiger partial charge in [0.1, 0.15) is 10.4 Å². The van der Waals surface area contributed by atoms with Crippen molar-refractivity contribution in [2.45, 2.75) is 38.1 Å². The number of aliphatic carboxylic acids is 1. The molecular weight excluding hydrogens is 324 g/mol.